The van der Waals surface area contributed by atoms with Crippen LogP contribution < -0.4 is 10.6 Å². The molecule has 1 aromatic rings. The van der Waals surface area contributed by atoms with Crippen LogP contribution in [0.1, 0.15) is 24.0 Å². The number of ether oxygens (including phenoxy) is 1. The lowest BCUT2D eigenvalue weighted by molar-refractivity contribution is -0.136. The lowest BCUT2D eigenvalue weighted by Crippen LogP contribution is -2.43. The second-order valence-corrected chi connectivity index (χ2v) is 6.44. The summed E-state index contributed by atoms with van der Waals surface area (Å²) >= 11 is 0. The van der Waals surface area contributed by atoms with Gasteiger partial charge in [-0.15, -0.1) is 0 Å². The van der Waals surface area contributed by atoms with Crippen LogP contribution in [0, 0.1) is 19.8 Å². The summed E-state index contributed by atoms with van der Waals surface area (Å²) in [5.41, 5.74) is 2.66. The first-order valence-corrected chi connectivity index (χ1v) is 8.39. The molecule has 0 atom stereocenters. The van der Waals surface area contributed by atoms with Gasteiger partial charge in [-0.05, 0) is 55.9 Å². The number of methoxy groups -OCH3 is 1. The van der Waals surface area contributed by atoms with Gasteiger partial charge in [-0.2, -0.15) is 0 Å². The van der Waals surface area contributed by atoms with E-state index in [1.165, 1.54) is 7.11 Å². The van der Waals surface area contributed by atoms with Gasteiger partial charge >= 0.3 is 17.9 Å². The van der Waals surface area contributed by atoms with E-state index in [4.69, 9.17) is 4.74 Å². The molecular weight excluding hydrogens is 322 g/mol. The van der Waals surface area contributed by atoms with Crippen LogP contribution >= 0.6 is 0 Å². The summed E-state index contributed by atoms with van der Waals surface area (Å²) in [4.78, 5) is 37.0. The largest absolute Gasteiger partial charge is 0.453 e. The topological polar surface area (TPSA) is 87.7 Å². The van der Waals surface area contributed by atoms with Gasteiger partial charge in [0.15, 0.2) is 0 Å². The third-order valence-electron chi connectivity index (χ3n) is 4.28. The summed E-state index contributed by atoms with van der Waals surface area (Å²) in [5.74, 6) is -1.06. The minimum Gasteiger partial charge on any atom is -0.453 e. The van der Waals surface area contributed by atoms with Gasteiger partial charge in [0.05, 0.1) is 7.11 Å². The van der Waals surface area contributed by atoms with Crippen LogP contribution in [-0.4, -0.2) is 49.6 Å². The van der Waals surface area contributed by atoms with Gasteiger partial charge in [-0.3, -0.25) is 9.59 Å². The van der Waals surface area contributed by atoms with E-state index >= 15 is 0 Å². The molecule has 25 heavy (non-hydrogen) atoms. The zero-order chi connectivity index (χ0) is 18.4. The van der Waals surface area contributed by atoms with Crippen LogP contribution in [0.5, 0.6) is 0 Å². The summed E-state index contributed by atoms with van der Waals surface area (Å²) in [6.45, 7) is 5.49. The number of aryl methyl sites for hydroxylation is 2. The second kappa shape index (κ2) is 8.50. The quantitative estimate of drug-likeness (QED) is 0.817. The lowest BCUT2D eigenvalue weighted by atomic mass is 9.97. The third-order valence-corrected chi connectivity index (χ3v) is 4.28. The number of piperidine rings is 1. The molecule has 1 heterocycles. The van der Waals surface area contributed by atoms with Crippen molar-refractivity contribution in [3.8, 4) is 0 Å². The van der Waals surface area contributed by atoms with Crippen LogP contribution in [0.15, 0.2) is 18.2 Å². The number of rotatable bonds is 3. The highest BCUT2D eigenvalue weighted by Crippen LogP contribution is 2.17. The highest BCUT2D eigenvalue weighted by molar-refractivity contribution is 6.39. The summed E-state index contributed by atoms with van der Waals surface area (Å²) in [6, 6.07) is 5.64. The molecule has 7 nitrogen and oxygen atoms in total. The average Bonchev–Trinajstić information content (AvgIpc) is 2.58. The van der Waals surface area contributed by atoms with Gasteiger partial charge in [0.1, 0.15) is 0 Å². The number of hydrogen-bond donors (Lipinski definition) is 2. The van der Waals surface area contributed by atoms with E-state index in [0.717, 1.165) is 24.0 Å². The van der Waals surface area contributed by atoms with Crippen molar-refractivity contribution in [1.82, 2.24) is 10.2 Å². The Bertz CT molecular complexity index is 631. The number of amides is 3. The predicted octanol–water partition coefficient (Wildman–Crippen LogP) is 1.84. The molecule has 3 amide bonds. The molecule has 0 saturated carbocycles. The minimum atomic E-state index is -0.669. The number of likely N-dealkylation sites (tertiary alicyclic amines) is 1. The fourth-order valence-corrected chi connectivity index (χ4v) is 3.00. The van der Waals surface area contributed by atoms with Crippen molar-refractivity contribution in [2.45, 2.75) is 26.7 Å². The monoisotopic (exact) mass is 347 g/mol. The SMILES string of the molecule is COC(=O)N1CCC(CNC(=O)C(=O)Nc2cc(C)cc(C)c2)CC1. The number of nitrogens with one attached hydrogen (secondary N) is 2. The molecule has 0 unspecified atom stereocenters. The van der Waals surface area contributed by atoms with Crippen LogP contribution in [0.4, 0.5) is 10.5 Å². The number of anilines is 1. The van der Waals surface area contributed by atoms with Crippen molar-refractivity contribution >= 4 is 23.6 Å². The van der Waals surface area contributed by atoms with E-state index in [1.54, 1.807) is 4.90 Å². The Morgan fingerprint density at radius 3 is 2.24 bits per heavy atom. The zero-order valence-electron chi connectivity index (χ0n) is 14.9. The van der Waals surface area contributed by atoms with Crippen molar-refractivity contribution in [3.05, 3.63) is 29.3 Å². The minimum absolute atomic E-state index is 0.249. The molecule has 0 radical (unpaired) electrons. The first-order valence-electron chi connectivity index (χ1n) is 8.39. The van der Waals surface area contributed by atoms with Crippen LogP contribution in [0.2, 0.25) is 0 Å². The van der Waals surface area contributed by atoms with Gasteiger partial charge in [0.2, 0.25) is 0 Å². The Labute approximate surface area is 147 Å². The van der Waals surface area contributed by atoms with Gasteiger partial charge in [-0.1, -0.05) is 6.07 Å². The highest BCUT2D eigenvalue weighted by atomic mass is 16.5. The van der Waals surface area contributed by atoms with E-state index < -0.39 is 11.8 Å². The zero-order valence-corrected chi connectivity index (χ0v) is 14.9. The molecule has 0 bridgehead atoms. The molecule has 0 aromatic heterocycles. The number of hydrogen-bond acceptors (Lipinski definition) is 4. The molecule has 2 rings (SSSR count). The molecular formula is C18H25N3O4. The molecule has 136 valence electrons. The molecule has 1 saturated heterocycles. The maximum Gasteiger partial charge on any atom is 0.409 e. The molecule has 0 spiro atoms. The molecule has 1 aliphatic heterocycles. The van der Waals surface area contributed by atoms with E-state index in [1.807, 2.05) is 32.0 Å². The van der Waals surface area contributed by atoms with Gasteiger partial charge in [-0.25, -0.2) is 4.79 Å². The standard InChI is InChI=1S/C18H25N3O4/c1-12-8-13(2)10-15(9-12)20-17(23)16(22)19-11-14-4-6-21(7-5-14)18(24)25-3/h8-10,14H,4-7,11H2,1-3H3,(H,19,22)(H,20,23). The fraction of sp³-hybridized carbons (Fsp3) is 0.500. The van der Waals surface area contributed by atoms with Crippen LogP contribution in [0.3, 0.4) is 0 Å². The van der Waals surface area contributed by atoms with E-state index in [9.17, 15) is 14.4 Å². The first kappa shape index (κ1) is 18.8. The van der Waals surface area contributed by atoms with Crippen molar-refractivity contribution in [1.29, 1.82) is 0 Å². The lowest BCUT2D eigenvalue weighted by Gasteiger charge is -2.30. The van der Waals surface area contributed by atoms with Gasteiger partial charge in [0.25, 0.3) is 0 Å². The summed E-state index contributed by atoms with van der Waals surface area (Å²) in [7, 11) is 1.36. The second-order valence-electron chi connectivity index (χ2n) is 6.44. The Hall–Kier alpha value is -2.57. The molecule has 7 heteroatoms. The van der Waals surface area contributed by atoms with Crippen molar-refractivity contribution in [2.75, 3.05) is 32.1 Å². The first-order chi connectivity index (χ1) is 11.9. The number of benzene rings is 1. The molecule has 0 aliphatic carbocycles. The Kier molecular flexibility index (Phi) is 6.38. The predicted molar refractivity (Wildman–Crippen MR) is 94.3 cm³/mol. The van der Waals surface area contributed by atoms with E-state index in [2.05, 4.69) is 10.6 Å². The van der Waals surface area contributed by atoms with E-state index in [0.29, 0.717) is 25.3 Å². The Morgan fingerprint density at radius 1 is 1.08 bits per heavy atom. The summed E-state index contributed by atoms with van der Waals surface area (Å²) in [5, 5.41) is 5.29. The number of carbonyl (C=O) groups excluding carboxylic acids is 3. The maximum absolute atomic E-state index is 12.0. The van der Waals surface area contributed by atoms with Crippen LogP contribution in [-0.2, 0) is 14.3 Å². The number of nitrogens with zero attached hydrogens (tertiary/aromatic N) is 1. The smallest absolute Gasteiger partial charge is 0.409 e. The summed E-state index contributed by atoms with van der Waals surface area (Å²) < 4.78 is 4.69. The average molecular weight is 347 g/mol. The normalized spacial score (nSPS) is 14.8. The maximum atomic E-state index is 12.0. The molecule has 1 aromatic carbocycles. The Balaban J connectivity index is 1.76. The van der Waals surface area contributed by atoms with E-state index in [-0.39, 0.29) is 12.0 Å². The fourth-order valence-electron chi connectivity index (χ4n) is 3.00. The van der Waals surface area contributed by atoms with Gasteiger partial charge in [0, 0.05) is 25.3 Å². The van der Waals surface area contributed by atoms with Gasteiger partial charge < -0.3 is 20.3 Å². The third kappa shape index (κ3) is 5.48. The van der Waals surface area contributed by atoms with Crippen molar-refractivity contribution in [2.24, 2.45) is 5.92 Å². The molecule has 2 N–H and O–H groups in total. The van der Waals surface area contributed by atoms with Crippen molar-refractivity contribution < 1.29 is 19.1 Å². The molecule has 1 aliphatic rings. The summed E-state index contributed by atoms with van der Waals surface area (Å²) in [6.07, 6.45) is 1.22. The van der Waals surface area contributed by atoms with Crippen molar-refractivity contribution in [3.63, 3.8) is 0 Å². The molecule has 1 fully saturated rings. The highest BCUT2D eigenvalue weighted by Gasteiger charge is 2.24. The Morgan fingerprint density at radius 2 is 1.68 bits per heavy atom. The van der Waals surface area contributed by atoms with Crippen LogP contribution in [0.25, 0.3) is 0 Å². The number of carbonyl (C=O) groups is 3.